The summed E-state index contributed by atoms with van der Waals surface area (Å²) in [6.45, 7) is 2.63. The lowest BCUT2D eigenvalue weighted by Crippen LogP contribution is -2.10. The maximum absolute atomic E-state index is 11.6. The first-order valence-corrected chi connectivity index (χ1v) is 9.17. The predicted octanol–water partition coefficient (Wildman–Crippen LogP) is 4.41. The van der Waals surface area contributed by atoms with Crippen LogP contribution < -0.4 is 10.6 Å². The third-order valence-electron chi connectivity index (χ3n) is 3.87. The van der Waals surface area contributed by atoms with Crippen molar-refractivity contribution in [2.24, 2.45) is 0 Å². The lowest BCUT2D eigenvalue weighted by Gasteiger charge is -2.10. The fraction of sp³-hybridized carbons (Fsp3) is 0.222. The zero-order valence-corrected chi connectivity index (χ0v) is 15.1. The monoisotopic (exact) mass is 369 g/mol. The first kappa shape index (κ1) is 17.8. The van der Waals surface area contributed by atoms with Gasteiger partial charge < -0.3 is 10.6 Å². The highest BCUT2D eigenvalue weighted by molar-refractivity contribution is 7.09. The summed E-state index contributed by atoms with van der Waals surface area (Å²) in [6.07, 6.45) is 3.04. The molecule has 0 unspecified atom stereocenters. The number of hydrogen-bond acceptors (Lipinski definition) is 7. The third kappa shape index (κ3) is 4.34. The van der Waals surface area contributed by atoms with Crippen molar-refractivity contribution in [1.29, 1.82) is 0 Å². The van der Waals surface area contributed by atoms with E-state index in [2.05, 4.69) is 27.5 Å². The highest BCUT2D eigenvalue weighted by atomic mass is 32.1. The van der Waals surface area contributed by atoms with Crippen molar-refractivity contribution in [1.82, 2.24) is 9.97 Å². The summed E-state index contributed by atoms with van der Waals surface area (Å²) in [5, 5.41) is 19.7. The number of aryl methyl sites for hydroxylation is 1. The van der Waals surface area contributed by atoms with Gasteiger partial charge in [0.2, 0.25) is 11.6 Å². The average Bonchev–Trinajstić information content (AvgIpc) is 3.16. The molecule has 2 heterocycles. The Labute approximate surface area is 155 Å². The molecular weight excluding hydrogens is 350 g/mol. The number of nitro groups is 1. The minimum atomic E-state index is -0.462. The molecule has 0 spiro atoms. The topological polar surface area (TPSA) is 93.0 Å². The Balaban J connectivity index is 1.77. The quantitative estimate of drug-likeness (QED) is 0.451. The van der Waals surface area contributed by atoms with Crippen LogP contribution in [-0.2, 0) is 12.8 Å². The highest BCUT2D eigenvalue weighted by Crippen LogP contribution is 2.31. The van der Waals surface area contributed by atoms with Crippen molar-refractivity contribution >= 4 is 34.3 Å². The second-order valence-corrected chi connectivity index (χ2v) is 6.64. The number of thiophene rings is 1. The average molecular weight is 369 g/mol. The predicted molar refractivity (Wildman–Crippen MR) is 104 cm³/mol. The molecule has 134 valence electrons. The minimum Gasteiger partial charge on any atom is -0.364 e. The highest BCUT2D eigenvalue weighted by Gasteiger charge is 2.22. The standard InChI is InChI=1S/C18H19N5O2S/c1-2-13-5-7-14(8-6-13)22-18-16(23(24)25)17(20-12-21-18)19-10-9-15-4-3-11-26-15/h3-8,11-12H,2,9-10H2,1H3,(H2,19,20,21,22). The first-order valence-electron chi connectivity index (χ1n) is 8.29. The number of anilines is 3. The summed E-state index contributed by atoms with van der Waals surface area (Å²) < 4.78 is 0. The van der Waals surface area contributed by atoms with Crippen LogP contribution in [-0.4, -0.2) is 21.4 Å². The molecule has 0 fully saturated rings. The number of benzene rings is 1. The van der Waals surface area contributed by atoms with Crippen molar-refractivity contribution in [3.8, 4) is 0 Å². The molecule has 26 heavy (non-hydrogen) atoms. The molecule has 7 nitrogen and oxygen atoms in total. The van der Waals surface area contributed by atoms with Crippen molar-refractivity contribution in [3.63, 3.8) is 0 Å². The molecule has 0 aliphatic rings. The lowest BCUT2D eigenvalue weighted by atomic mass is 10.1. The van der Waals surface area contributed by atoms with Crippen LogP contribution in [0.15, 0.2) is 48.1 Å². The molecule has 2 N–H and O–H groups in total. The van der Waals surface area contributed by atoms with Gasteiger partial charge in [0.25, 0.3) is 0 Å². The Kier molecular flexibility index (Phi) is 5.75. The fourth-order valence-electron chi connectivity index (χ4n) is 2.49. The van der Waals surface area contributed by atoms with Crippen LogP contribution >= 0.6 is 11.3 Å². The molecule has 0 radical (unpaired) electrons. The summed E-state index contributed by atoms with van der Waals surface area (Å²) >= 11 is 1.66. The van der Waals surface area contributed by atoms with Gasteiger partial charge in [0.1, 0.15) is 6.33 Å². The van der Waals surface area contributed by atoms with Crippen molar-refractivity contribution in [3.05, 3.63) is 68.7 Å². The minimum absolute atomic E-state index is 0.154. The third-order valence-corrected chi connectivity index (χ3v) is 4.81. The van der Waals surface area contributed by atoms with Gasteiger partial charge in [-0.2, -0.15) is 0 Å². The number of aromatic nitrogens is 2. The largest absolute Gasteiger partial charge is 0.364 e. The van der Waals surface area contributed by atoms with E-state index >= 15 is 0 Å². The van der Waals surface area contributed by atoms with Crippen LogP contribution in [0, 0.1) is 10.1 Å². The molecule has 0 bridgehead atoms. The van der Waals surface area contributed by atoms with E-state index in [0.29, 0.717) is 6.54 Å². The van der Waals surface area contributed by atoms with Crippen LogP contribution in [0.4, 0.5) is 23.0 Å². The zero-order chi connectivity index (χ0) is 18.4. The van der Waals surface area contributed by atoms with Crippen molar-refractivity contribution in [2.45, 2.75) is 19.8 Å². The molecule has 0 aliphatic carbocycles. The van der Waals surface area contributed by atoms with Gasteiger partial charge in [0.05, 0.1) is 4.92 Å². The molecule has 2 aromatic heterocycles. The van der Waals surface area contributed by atoms with Gasteiger partial charge in [-0.05, 0) is 42.0 Å². The van der Waals surface area contributed by atoms with Crippen LogP contribution in [0.2, 0.25) is 0 Å². The van der Waals surface area contributed by atoms with Crippen LogP contribution in [0.25, 0.3) is 0 Å². The van der Waals surface area contributed by atoms with E-state index in [1.807, 2.05) is 41.8 Å². The molecule has 0 saturated carbocycles. The van der Waals surface area contributed by atoms with E-state index in [1.54, 1.807) is 11.3 Å². The summed E-state index contributed by atoms with van der Waals surface area (Å²) in [6, 6.07) is 11.8. The van der Waals surface area contributed by atoms with Gasteiger partial charge in [-0.15, -0.1) is 11.3 Å². The Morgan fingerprint density at radius 2 is 1.92 bits per heavy atom. The Morgan fingerprint density at radius 1 is 1.15 bits per heavy atom. The molecule has 0 aliphatic heterocycles. The molecule has 0 atom stereocenters. The summed E-state index contributed by atoms with van der Waals surface area (Å²) in [7, 11) is 0. The SMILES string of the molecule is CCc1ccc(Nc2ncnc(NCCc3cccs3)c2[N+](=O)[O-])cc1. The number of rotatable bonds is 8. The summed E-state index contributed by atoms with van der Waals surface area (Å²) in [4.78, 5) is 20.4. The second-order valence-electron chi connectivity index (χ2n) is 5.61. The first-order chi connectivity index (χ1) is 12.7. The Morgan fingerprint density at radius 3 is 2.58 bits per heavy atom. The van der Waals surface area contributed by atoms with Crippen LogP contribution in [0.5, 0.6) is 0 Å². The van der Waals surface area contributed by atoms with Crippen LogP contribution in [0.3, 0.4) is 0 Å². The Bertz CT molecular complexity index is 866. The summed E-state index contributed by atoms with van der Waals surface area (Å²) in [5.74, 6) is 0.391. The Hall–Kier alpha value is -3.00. The van der Waals surface area contributed by atoms with Crippen molar-refractivity contribution < 1.29 is 4.92 Å². The van der Waals surface area contributed by atoms with Gasteiger partial charge in [0.15, 0.2) is 0 Å². The van der Waals surface area contributed by atoms with E-state index in [9.17, 15) is 10.1 Å². The summed E-state index contributed by atoms with van der Waals surface area (Å²) in [5.41, 5.74) is 1.79. The van der Waals surface area contributed by atoms with Gasteiger partial charge in [-0.3, -0.25) is 10.1 Å². The lowest BCUT2D eigenvalue weighted by molar-refractivity contribution is -0.383. The molecule has 3 rings (SSSR count). The molecule has 3 aromatic rings. The molecule has 8 heteroatoms. The van der Waals surface area contributed by atoms with Gasteiger partial charge in [0, 0.05) is 17.1 Å². The molecule has 0 amide bonds. The van der Waals surface area contributed by atoms with E-state index < -0.39 is 4.92 Å². The fourth-order valence-corrected chi connectivity index (χ4v) is 3.20. The van der Waals surface area contributed by atoms with Crippen LogP contribution in [0.1, 0.15) is 17.4 Å². The van der Waals surface area contributed by atoms with Gasteiger partial charge in [-0.25, -0.2) is 9.97 Å². The zero-order valence-electron chi connectivity index (χ0n) is 14.3. The van der Waals surface area contributed by atoms with E-state index in [-0.39, 0.29) is 17.3 Å². The van der Waals surface area contributed by atoms with Gasteiger partial charge >= 0.3 is 5.69 Å². The number of nitrogens with one attached hydrogen (secondary N) is 2. The molecule has 1 aromatic carbocycles. The molecular formula is C18H19N5O2S. The second kappa shape index (κ2) is 8.39. The van der Waals surface area contributed by atoms with E-state index in [0.717, 1.165) is 18.5 Å². The molecule has 0 saturated heterocycles. The number of hydrogen-bond donors (Lipinski definition) is 2. The van der Waals surface area contributed by atoms with Crippen molar-refractivity contribution in [2.75, 3.05) is 17.2 Å². The van der Waals surface area contributed by atoms with E-state index in [4.69, 9.17) is 0 Å². The number of nitrogens with zero attached hydrogens (tertiary/aromatic N) is 3. The normalized spacial score (nSPS) is 10.5. The maximum atomic E-state index is 11.6. The van der Waals surface area contributed by atoms with E-state index in [1.165, 1.54) is 16.8 Å². The maximum Gasteiger partial charge on any atom is 0.353 e. The van der Waals surface area contributed by atoms with Gasteiger partial charge in [-0.1, -0.05) is 25.1 Å². The smallest absolute Gasteiger partial charge is 0.353 e.